The molecule has 0 aliphatic carbocycles. The van der Waals surface area contributed by atoms with Gasteiger partial charge in [0.05, 0.1) is 5.52 Å². The Kier molecular flexibility index (Phi) is 3.49. The predicted octanol–water partition coefficient (Wildman–Crippen LogP) is 1.95. The van der Waals surface area contributed by atoms with Gasteiger partial charge in [-0.1, -0.05) is 6.92 Å². The molecule has 0 aromatic carbocycles. The predicted molar refractivity (Wildman–Crippen MR) is 62.2 cm³/mol. The number of H-pyrrole nitrogens is 1. The van der Waals surface area contributed by atoms with Gasteiger partial charge in [-0.2, -0.15) is 0 Å². The summed E-state index contributed by atoms with van der Waals surface area (Å²) < 4.78 is 0. The van der Waals surface area contributed by atoms with Crippen LogP contribution in [0.15, 0.2) is 6.07 Å². The van der Waals surface area contributed by atoms with Gasteiger partial charge >= 0.3 is 5.97 Å². The lowest BCUT2D eigenvalue weighted by molar-refractivity contribution is 0.0691. The minimum Gasteiger partial charge on any atom is -0.477 e. The van der Waals surface area contributed by atoms with E-state index in [2.05, 4.69) is 15.0 Å². The quantitative estimate of drug-likeness (QED) is 0.842. The fourth-order valence-electron chi connectivity index (χ4n) is 1.47. The van der Waals surface area contributed by atoms with E-state index in [0.29, 0.717) is 5.65 Å². The maximum absolute atomic E-state index is 10.8. The summed E-state index contributed by atoms with van der Waals surface area (Å²) in [6.45, 7) is 3.82. The highest BCUT2D eigenvalue weighted by Gasteiger charge is 2.11. The zero-order valence-electron chi connectivity index (χ0n) is 8.94. The summed E-state index contributed by atoms with van der Waals surface area (Å²) in [7, 11) is 0. The van der Waals surface area contributed by atoms with Gasteiger partial charge in [-0.15, -0.1) is 12.4 Å². The molecule has 2 N–H and O–H groups in total. The number of nitrogens with zero attached hydrogens (tertiary/aromatic N) is 2. The summed E-state index contributed by atoms with van der Waals surface area (Å²) in [6, 6.07) is 1.54. The lowest BCUT2D eigenvalue weighted by Crippen LogP contribution is -2.01. The van der Waals surface area contributed by atoms with Gasteiger partial charge in [-0.3, -0.25) is 0 Å². The molecule has 0 spiro atoms. The molecule has 2 aromatic rings. The molecule has 0 aliphatic heterocycles. The van der Waals surface area contributed by atoms with E-state index in [-0.39, 0.29) is 18.1 Å². The number of rotatable bonds is 2. The summed E-state index contributed by atoms with van der Waals surface area (Å²) in [6.07, 6.45) is 0.776. The van der Waals surface area contributed by atoms with Gasteiger partial charge < -0.3 is 10.1 Å². The number of imidazole rings is 1. The Bertz CT molecular complexity index is 536. The molecule has 6 heteroatoms. The number of nitrogens with one attached hydrogen (secondary N) is 1. The van der Waals surface area contributed by atoms with Crippen LogP contribution in [0, 0.1) is 6.92 Å². The summed E-state index contributed by atoms with van der Waals surface area (Å²) in [4.78, 5) is 22.1. The van der Waals surface area contributed by atoms with Gasteiger partial charge in [-0.05, 0) is 18.6 Å². The number of hydrogen-bond acceptors (Lipinski definition) is 3. The van der Waals surface area contributed by atoms with Crippen LogP contribution >= 0.6 is 12.4 Å². The monoisotopic (exact) mass is 241 g/mol. The Morgan fingerprint density at radius 2 is 2.19 bits per heavy atom. The maximum Gasteiger partial charge on any atom is 0.354 e. The summed E-state index contributed by atoms with van der Waals surface area (Å²) in [5.74, 6) is -0.204. The molecule has 0 bridgehead atoms. The molecule has 0 radical (unpaired) electrons. The van der Waals surface area contributed by atoms with Gasteiger partial charge in [0.25, 0.3) is 0 Å². The van der Waals surface area contributed by atoms with Crippen molar-refractivity contribution in [2.45, 2.75) is 20.3 Å². The largest absolute Gasteiger partial charge is 0.477 e. The first kappa shape index (κ1) is 12.4. The van der Waals surface area contributed by atoms with E-state index >= 15 is 0 Å². The Balaban J connectivity index is 0.00000128. The molecule has 0 saturated heterocycles. The average Bonchev–Trinajstić information content (AvgIpc) is 2.61. The van der Waals surface area contributed by atoms with E-state index in [9.17, 15) is 4.79 Å². The SMILES string of the molecule is CCc1nc2nc(C(=O)O)cc(C)c2[nH]1.Cl. The Morgan fingerprint density at radius 1 is 1.50 bits per heavy atom. The zero-order chi connectivity index (χ0) is 11.0. The Labute approximate surface area is 98.3 Å². The number of aromatic carboxylic acids is 1. The number of pyridine rings is 1. The number of hydrogen-bond donors (Lipinski definition) is 2. The molecule has 16 heavy (non-hydrogen) atoms. The molecular weight excluding hydrogens is 230 g/mol. The van der Waals surface area contributed by atoms with E-state index in [1.165, 1.54) is 0 Å². The second-order valence-electron chi connectivity index (χ2n) is 3.37. The maximum atomic E-state index is 10.8. The third-order valence-corrected chi connectivity index (χ3v) is 2.26. The zero-order valence-corrected chi connectivity index (χ0v) is 9.76. The average molecular weight is 242 g/mol. The third-order valence-electron chi connectivity index (χ3n) is 2.26. The van der Waals surface area contributed by atoms with E-state index in [1.54, 1.807) is 6.07 Å². The number of fused-ring (bicyclic) bond motifs is 1. The van der Waals surface area contributed by atoms with Crippen LogP contribution < -0.4 is 0 Å². The molecule has 0 atom stereocenters. The minimum absolute atomic E-state index is 0. The Morgan fingerprint density at radius 3 is 2.75 bits per heavy atom. The van der Waals surface area contributed by atoms with Gasteiger partial charge in [0.15, 0.2) is 11.3 Å². The highest BCUT2D eigenvalue weighted by atomic mass is 35.5. The Hall–Kier alpha value is -1.62. The first-order valence-corrected chi connectivity index (χ1v) is 4.71. The van der Waals surface area contributed by atoms with Crippen molar-refractivity contribution >= 4 is 29.5 Å². The molecule has 0 saturated carbocycles. The van der Waals surface area contributed by atoms with Crippen molar-refractivity contribution in [3.05, 3.63) is 23.1 Å². The molecule has 5 nitrogen and oxygen atoms in total. The first-order chi connectivity index (χ1) is 7.11. The van der Waals surface area contributed by atoms with Crippen LogP contribution in [-0.2, 0) is 6.42 Å². The number of aromatic amines is 1. The second kappa shape index (κ2) is 4.49. The molecule has 2 aromatic heterocycles. The second-order valence-corrected chi connectivity index (χ2v) is 3.37. The van der Waals surface area contributed by atoms with Crippen molar-refractivity contribution in [1.82, 2.24) is 15.0 Å². The molecular formula is C10H12ClN3O2. The lowest BCUT2D eigenvalue weighted by Gasteiger charge is -1.96. The molecule has 0 amide bonds. The fraction of sp³-hybridized carbons (Fsp3) is 0.300. The standard InChI is InChI=1S/C10H11N3O2.ClH/c1-3-7-12-8-5(2)4-6(10(14)15)11-9(8)13-7;/h4H,3H2,1-2H3,(H,14,15)(H,11,12,13);1H. The summed E-state index contributed by atoms with van der Waals surface area (Å²) in [5.41, 5.74) is 2.18. The van der Waals surface area contributed by atoms with Gasteiger partial charge in [0.2, 0.25) is 0 Å². The van der Waals surface area contributed by atoms with Crippen molar-refractivity contribution in [1.29, 1.82) is 0 Å². The van der Waals surface area contributed by atoms with Crippen LogP contribution in [0.1, 0.15) is 28.8 Å². The van der Waals surface area contributed by atoms with Crippen LogP contribution in [0.5, 0.6) is 0 Å². The highest BCUT2D eigenvalue weighted by Crippen LogP contribution is 2.15. The normalized spacial score (nSPS) is 10.1. The van der Waals surface area contributed by atoms with E-state index in [0.717, 1.165) is 23.3 Å². The smallest absolute Gasteiger partial charge is 0.354 e. The molecule has 0 fully saturated rings. The number of halogens is 1. The molecule has 0 aliphatic rings. The van der Waals surface area contributed by atoms with Crippen molar-refractivity contribution in [3.8, 4) is 0 Å². The third kappa shape index (κ3) is 1.99. The van der Waals surface area contributed by atoms with Crippen LogP contribution in [0.3, 0.4) is 0 Å². The van der Waals surface area contributed by atoms with E-state index in [1.807, 2.05) is 13.8 Å². The first-order valence-electron chi connectivity index (χ1n) is 4.71. The summed E-state index contributed by atoms with van der Waals surface area (Å²) in [5, 5.41) is 8.83. The van der Waals surface area contributed by atoms with Crippen molar-refractivity contribution in [3.63, 3.8) is 0 Å². The van der Waals surface area contributed by atoms with Crippen molar-refractivity contribution in [2.75, 3.05) is 0 Å². The van der Waals surface area contributed by atoms with E-state index < -0.39 is 5.97 Å². The van der Waals surface area contributed by atoms with Crippen LogP contribution in [0.2, 0.25) is 0 Å². The molecule has 0 unspecified atom stereocenters. The number of carboxylic acid groups (broad SMARTS) is 1. The molecule has 86 valence electrons. The number of aromatic nitrogens is 3. The minimum atomic E-state index is -1.03. The number of aryl methyl sites for hydroxylation is 2. The molecule has 2 heterocycles. The lowest BCUT2D eigenvalue weighted by atomic mass is 10.2. The van der Waals surface area contributed by atoms with Crippen molar-refractivity contribution in [2.24, 2.45) is 0 Å². The van der Waals surface area contributed by atoms with Crippen LogP contribution in [0.25, 0.3) is 11.2 Å². The van der Waals surface area contributed by atoms with Gasteiger partial charge in [0, 0.05) is 6.42 Å². The van der Waals surface area contributed by atoms with Gasteiger partial charge in [0.1, 0.15) is 5.82 Å². The topological polar surface area (TPSA) is 78.9 Å². The summed E-state index contributed by atoms with van der Waals surface area (Å²) >= 11 is 0. The van der Waals surface area contributed by atoms with Gasteiger partial charge in [-0.25, -0.2) is 14.8 Å². The number of carbonyl (C=O) groups is 1. The van der Waals surface area contributed by atoms with Crippen molar-refractivity contribution < 1.29 is 9.90 Å². The molecule has 2 rings (SSSR count). The highest BCUT2D eigenvalue weighted by molar-refractivity contribution is 5.89. The van der Waals surface area contributed by atoms with Crippen LogP contribution in [0.4, 0.5) is 0 Å². The fourth-order valence-corrected chi connectivity index (χ4v) is 1.47. The number of carboxylic acids is 1. The van der Waals surface area contributed by atoms with Crippen LogP contribution in [-0.4, -0.2) is 26.0 Å². The van der Waals surface area contributed by atoms with E-state index in [4.69, 9.17) is 5.11 Å².